The van der Waals surface area contributed by atoms with Crippen molar-refractivity contribution < 1.29 is 14.3 Å². The standard InChI is InChI=1S/C14H29NO3/c1-11(2)10-18-9-7-8-14(5,13(16)17-6)15-12(3)4/h11-12,15H,7-10H2,1-6H3. The van der Waals surface area contributed by atoms with Crippen LogP contribution in [0, 0.1) is 5.92 Å². The number of hydrogen-bond donors (Lipinski definition) is 1. The molecule has 0 saturated heterocycles. The van der Waals surface area contributed by atoms with Crippen LogP contribution < -0.4 is 5.32 Å². The molecule has 0 aliphatic rings. The highest BCUT2D eigenvalue weighted by Gasteiger charge is 2.34. The average molecular weight is 259 g/mol. The van der Waals surface area contributed by atoms with Gasteiger partial charge in [-0.15, -0.1) is 0 Å². The Hall–Kier alpha value is -0.610. The zero-order valence-electron chi connectivity index (χ0n) is 12.7. The maximum Gasteiger partial charge on any atom is 0.325 e. The van der Waals surface area contributed by atoms with Gasteiger partial charge in [0.1, 0.15) is 5.54 Å². The molecule has 4 nitrogen and oxygen atoms in total. The normalized spacial score (nSPS) is 14.9. The summed E-state index contributed by atoms with van der Waals surface area (Å²) in [7, 11) is 1.43. The van der Waals surface area contributed by atoms with Crippen LogP contribution in [0.4, 0.5) is 0 Å². The van der Waals surface area contributed by atoms with Gasteiger partial charge in [-0.3, -0.25) is 10.1 Å². The highest BCUT2D eigenvalue weighted by atomic mass is 16.5. The lowest BCUT2D eigenvalue weighted by Gasteiger charge is -2.30. The van der Waals surface area contributed by atoms with Gasteiger partial charge in [0, 0.05) is 19.3 Å². The minimum absolute atomic E-state index is 0.208. The third-order valence-electron chi connectivity index (χ3n) is 2.66. The fourth-order valence-electron chi connectivity index (χ4n) is 1.94. The number of methoxy groups -OCH3 is 1. The first-order valence-electron chi connectivity index (χ1n) is 6.75. The number of esters is 1. The summed E-state index contributed by atoms with van der Waals surface area (Å²) in [6, 6.07) is 0.241. The molecule has 0 rings (SSSR count). The highest BCUT2D eigenvalue weighted by Crippen LogP contribution is 2.15. The minimum atomic E-state index is -0.621. The van der Waals surface area contributed by atoms with E-state index in [0.717, 1.165) is 19.4 Å². The van der Waals surface area contributed by atoms with Gasteiger partial charge in [-0.2, -0.15) is 0 Å². The Morgan fingerprint density at radius 1 is 1.28 bits per heavy atom. The van der Waals surface area contributed by atoms with Gasteiger partial charge in [-0.05, 0) is 39.5 Å². The van der Waals surface area contributed by atoms with E-state index in [1.54, 1.807) is 0 Å². The molecule has 0 saturated carbocycles. The highest BCUT2D eigenvalue weighted by molar-refractivity contribution is 5.80. The van der Waals surface area contributed by atoms with Crippen molar-refractivity contribution in [3.05, 3.63) is 0 Å². The lowest BCUT2D eigenvalue weighted by atomic mass is 9.95. The van der Waals surface area contributed by atoms with E-state index >= 15 is 0 Å². The van der Waals surface area contributed by atoms with E-state index in [4.69, 9.17) is 9.47 Å². The molecular weight excluding hydrogens is 230 g/mol. The van der Waals surface area contributed by atoms with E-state index in [2.05, 4.69) is 19.2 Å². The third kappa shape index (κ3) is 6.97. The molecule has 108 valence electrons. The summed E-state index contributed by atoms with van der Waals surface area (Å²) in [6.07, 6.45) is 1.56. The Balaban J connectivity index is 4.13. The van der Waals surface area contributed by atoms with Crippen molar-refractivity contribution in [3.8, 4) is 0 Å². The van der Waals surface area contributed by atoms with Gasteiger partial charge < -0.3 is 9.47 Å². The molecule has 18 heavy (non-hydrogen) atoms. The molecule has 0 radical (unpaired) electrons. The van der Waals surface area contributed by atoms with Gasteiger partial charge in [0.15, 0.2) is 0 Å². The van der Waals surface area contributed by atoms with Crippen molar-refractivity contribution in [1.82, 2.24) is 5.32 Å². The summed E-state index contributed by atoms with van der Waals surface area (Å²) < 4.78 is 10.4. The number of ether oxygens (including phenoxy) is 2. The van der Waals surface area contributed by atoms with E-state index in [1.165, 1.54) is 7.11 Å². The second-order valence-corrected chi connectivity index (χ2v) is 5.70. The van der Waals surface area contributed by atoms with Gasteiger partial charge in [-0.25, -0.2) is 0 Å². The Labute approximate surface area is 111 Å². The summed E-state index contributed by atoms with van der Waals surface area (Å²) >= 11 is 0. The van der Waals surface area contributed by atoms with E-state index in [0.29, 0.717) is 12.5 Å². The fourth-order valence-corrected chi connectivity index (χ4v) is 1.94. The molecule has 1 unspecified atom stereocenters. The second-order valence-electron chi connectivity index (χ2n) is 5.70. The number of rotatable bonds is 9. The van der Waals surface area contributed by atoms with Crippen LogP contribution in [0.25, 0.3) is 0 Å². The maximum absolute atomic E-state index is 11.8. The first kappa shape index (κ1) is 17.4. The fraction of sp³-hybridized carbons (Fsp3) is 0.929. The topological polar surface area (TPSA) is 47.6 Å². The predicted molar refractivity (Wildman–Crippen MR) is 73.6 cm³/mol. The van der Waals surface area contributed by atoms with Gasteiger partial charge in [-0.1, -0.05) is 13.8 Å². The molecule has 0 amide bonds. The molecule has 1 atom stereocenters. The van der Waals surface area contributed by atoms with Crippen LogP contribution in [0.1, 0.15) is 47.5 Å². The van der Waals surface area contributed by atoms with E-state index in [1.807, 2.05) is 20.8 Å². The molecule has 1 N–H and O–H groups in total. The molecule has 0 aromatic rings. The van der Waals surface area contributed by atoms with Crippen LogP contribution in [0.3, 0.4) is 0 Å². The molecule has 4 heteroatoms. The Kier molecular flexibility index (Phi) is 8.20. The maximum atomic E-state index is 11.8. The number of nitrogens with one attached hydrogen (secondary N) is 1. The van der Waals surface area contributed by atoms with E-state index in [9.17, 15) is 4.79 Å². The average Bonchev–Trinajstić information content (AvgIpc) is 2.26. The van der Waals surface area contributed by atoms with Crippen LogP contribution in [-0.4, -0.2) is 37.9 Å². The minimum Gasteiger partial charge on any atom is -0.468 e. The smallest absolute Gasteiger partial charge is 0.325 e. The van der Waals surface area contributed by atoms with Gasteiger partial charge >= 0.3 is 5.97 Å². The second kappa shape index (κ2) is 8.48. The third-order valence-corrected chi connectivity index (χ3v) is 2.66. The van der Waals surface area contributed by atoms with Crippen LogP contribution in [-0.2, 0) is 14.3 Å². The molecule has 0 aromatic heterocycles. The summed E-state index contributed by atoms with van der Waals surface area (Å²) in [5.74, 6) is 0.339. The first-order valence-corrected chi connectivity index (χ1v) is 6.75. The number of hydrogen-bond acceptors (Lipinski definition) is 4. The monoisotopic (exact) mass is 259 g/mol. The van der Waals surface area contributed by atoms with Crippen molar-refractivity contribution >= 4 is 5.97 Å². The zero-order valence-corrected chi connectivity index (χ0v) is 12.7. The van der Waals surface area contributed by atoms with Crippen molar-refractivity contribution in [3.63, 3.8) is 0 Å². The lowest BCUT2D eigenvalue weighted by Crippen LogP contribution is -2.53. The number of carbonyl (C=O) groups is 1. The SMILES string of the molecule is COC(=O)C(C)(CCCOCC(C)C)NC(C)C. The predicted octanol–water partition coefficient (Wildman–Crippen LogP) is 2.37. The van der Waals surface area contributed by atoms with Gasteiger partial charge in [0.05, 0.1) is 7.11 Å². The molecule has 0 aliphatic heterocycles. The molecule has 0 aromatic carbocycles. The molecule has 0 spiro atoms. The Morgan fingerprint density at radius 3 is 2.33 bits per heavy atom. The van der Waals surface area contributed by atoms with Gasteiger partial charge in [0.2, 0.25) is 0 Å². The molecule has 0 heterocycles. The van der Waals surface area contributed by atoms with Crippen LogP contribution in [0.5, 0.6) is 0 Å². The Bertz CT molecular complexity index is 241. The van der Waals surface area contributed by atoms with E-state index < -0.39 is 5.54 Å². The van der Waals surface area contributed by atoms with Crippen molar-refractivity contribution in [2.24, 2.45) is 5.92 Å². The number of carbonyl (C=O) groups excluding carboxylic acids is 1. The van der Waals surface area contributed by atoms with Crippen molar-refractivity contribution in [1.29, 1.82) is 0 Å². The molecular formula is C14H29NO3. The van der Waals surface area contributed by atoms with Crippen LogP contribution in [0.2, 0.25) is 0 Å². The summed E-state index contributed by atoms with van der Waals surface area (Å²) in [6.45, 7) is 11.6. The zero-order chi connectivity index (χ0) is 14.2. The van der Waals surface area contributed by atoms with E-state index in [-0.39, 0.29) is 12.0 Å². The van der Waals surface area contributed by atoms with Crippen LogP contribution >= 0.6 is 0 Å². The lowest BCUT2D eigenvalue weighted by molar-refractivity contribution is -0.148. The van der Waals surface area contributed by atoms with Crippen molar-refractivity contribution in [2.75, 3.05) is 20.3 Å². The molecule has 0 aliphatic carbocycles. The molecule has 0 fully saturated rings. The quantitative estimate of drug-likeness (QED) is 0.510. The van der Waals surface area contributed by atoms with Gasteiger partial charge in [0.25, 0.3) is 0 Å². The summed E-state index contributed by atoms with van der Waals surface area (Å²) in [4.78, 5) is 11.8. The van der Waals surface area contributed by atoms with Crippen LogP contribution in [0.15, 0.2) is 0 Å². The largest absolute Gasteiger partial charge is 0.468 e. The molecule has 0 bridgehead atoms. The summed E-state index contributed by atoms with van der Waals surface area (Å²) in [5.41, 5.74) is -0.621. The summed E-state index contributed by atoms with van der Waals surface area (Å²) in [5, 5.41) is 3.28. The Morgan fingerprint density at radius 2 is 1.89 bits per heavy atom. The first-order chi connectivity index (χ1) is 8.31. The van der Waals surface area contributed by atoms with Crippen molar-refractivity contribution in [2.45, 2.75) is 59.0 Å².